The molecule has 542 valence electrons. The van der Waals surface area contributed by atoms with Crippen LogP contribution in [-0.4, -0.2) is 212 Å². The van der Waals surface area contributed by atoms with Gasteiger partial charge in [-0.1, -0.05) is 77.3 Å². The number of hydrogen-bond donors (Lipinski definition) is 21. The zero-order valence-corrected chi connectivity index (χ0v) is 56.4. The van der Waals surface area contributed by atoms with E-state index in [4.69, 9.17) is 40.1 Å². The van der Waals surface area contributed by atoms with Crippen LogP contribution in [0.3, 0.4) is 0 Å². The average molecular weight is 1360 g/mol. The summed E-state index contributed by atoms with van der Waals surface area (Å²) in [6, 6.07) is -7.83. The second kappa shape index (κ2) is 45.3. The summed E-state index contributed by atoms with van der Waals surface area (Å²) >= 11 is 0. The third kappa shape index (κ3) is 31.6. The van der Waals surface area contributed by atoms with Gasteiger partial charge in [-0.3, -0.25) is 62.5 Å². The molecule has 96 heavy (non-hydrogen) atoms. The molecule has 2 rings (SSSR count). The van der Waals surface area contributed by atoms with Crippen LogP contribution in [0.15, 0.2) is 35.3 Å². The molecule has 1 aliphatic heterocycles. The third-order valence-electron chi connectivity index (χ3n) is 15.8. The number of rotatable bonds is 35. The molecule has 0 aromatic heterocycles. The van der Waals surface area contributed by atoms with Crippen LogP contribution in [0.4, 0.5) is 0 Å². The van der Waals surface area contributed by atoms with Gasteiger partial charge < -0.3 is 114 Å². The van der Waals surface area contributed by atoms with Crippen molar-refractivity contribution in [3.63, 3.8) is 0 Å². The third-order valence-corrected chi connectivity index (χ3v) is 15.8. The number of aliphatic hydroxyl groups excluding tert-OH is 2. The smallest absolute Gasteiger partial charge is 0.245 e. The summed E-state index contributed by atoms with van der Waals surface area (Å²) in [5.41, 5.74) is 41.1. The molecule has 34 heteroatoms. The van der Waals surface area contributed by atoms with E-state index in [1.807, 2.05) is 0 Å². The van der Waals surface area contributed by atoms with Gasteiger partial charge in [0, 0.05) is 32.5 Å². The minimum Gasteiger partial charge on any atom is -0.391 e. The van der Waals surface area contributed by atoms with Crippen LogP contribution in [0, 0.1) is 11.8 Å². The molecule has 1 saturated heterocycles. The molecule has 28 N–H and O–H groups in total. The van der Waals surface area contributed by atoms with Crippen molar-refractivity contribution in [2.45, 2.75) is 217 Å². The molecular weight excluding hydrogens is 1250 g/mol. The number of carbonyl (C=O) groups is 12. The number of unbranched alkanes of at least 4 members (excludes halogenated alkanes) is 1. The van der Waals surface area contributed by atoms with Gasteiger partial charge in [-0.2, -0.15) is 0 Å². The van der Waals surface area contributed by atoms with Gasteiger partial charge in [0.15, 0.2) is 5.96 Å². The van der Waals surface area contributed by atoms with Gasteiger partial charge >= 0.3 is 0 Å². The molecule has 14 atom stereocenters. The molecule has 1 fully saturated rings. The molecule has 1 aromatic carbocycles. The first-order valence-corrected chi connectivity index (χ1v) is 33.1. The van der Waals surface area contributed by atoms with Crippen molar-refractivity contribution in [2.24, 2.45) is 57.0 Å². The number of nitrogens with two attached hydrogens (primary N) is 7. The van der Waals surface area contributed by atoms with Gasteiger partial charge in [-0.15, -0.1) is 0 Å². The van der Waals surface area contributed by atoms with Gasteiger partial charge in [-0.25, -0.2) is 0 Å². The minimum atomic E-state index is -1.81. The van der Waals surface area contributed by atoms with E-state index in [2.05, 4.69) is 82.6 Å². The van der Waals surface area contributed by atoms with E-state index in [1.165, 1.54) is 13.8 Å². The minimum absolute atomic E-state index is 0.0283. The average Bonchev–Trinajstić information content (AvgIpc) is 1.34. The van der Waals surface area contributed by atoms with E-state index < -0.39 is 163 Å². The monoisotopic (exact) mass is 1360 g/mol. The summed E-state index contributed by atoms with van der Waals surface area (Å²) in [4.78, 5) is 173. The standard InChI is InChI=1S/C62H110N20O14/c1-7-35(4)14-11-12-18-48(85)73-44(23-30-70-51(86)39(67)17-13-29-72-62(68)69)57(92)82-50(37(6)84)61(96)78-42(21-27-65)53(88)77-45-24-31-71-60(95)49(36(5)83)81-56(91)43(22-28-66)75-52(87)40(19-25-63)76-58(93)46(32-34(2)3)79-59(94)47(33-38-15-9-8-10-16-38)80-54(89)41(20-26-64)74-55(45)90/h8-10,15-16,34-37,39-47,49-50,83-84H,7,11-14,17-33,63-67H2,1-6H3,(H,70,86)(H,71,95)(H,73,85)(H,74,90)(H,75,87)(H,76,93)(H,77,88)(H,78,96)(H,79,94)(H,80,89)(H,81,91)(H,82,92)(H4,68,69,72)/t35?,36-,37-,39?,40+,41+,42+,43+,44+,45+,46+,47-,49+,50+/m1/s1. The van der Waals surface area contributed by atoms with E-state index in [0.717, 1.165) is 19.3 Å². The molecule has 34 nitrogen and oxygen atoms in total. The maximum Gasteiger partial charge on any atom is 0.245 e. The van der Waals surface area contributed by atoms with Gasteiger partial charge in [0.25, 0.3) is 0 Å². The fourth-order valence-corrected chi connectivity index (χ4v) is 10.1. The van der Waals surface area contributed by atoms with Crippen LogP contribution in [0.5, 0.6) is 0 Å². The molecule has 0 aliphatic carbocycles. The van der Waals surface area contributed by atoms with Crippen LogP contribution in [0.25, 0.3) is 0 Å². The number of amides is 12. The van der Waals surface area contributed by atoms with Crippen molar-refractivity contribution in [1.82, 2.24) is 63.8 Å². The number of carbonyl (C=O) groups excluding carboxylic acids is 12. The molecule has 1 aliphatic rings. The molecule has 1 heterocycles. The van der Waals surface area contributed by atoms with Crippen LogP contribution in [-0.2, 0) is 64.0 Å². The largest absolute Gasteiger partial charge is 0.391 e. The predicted molar refractivity (Wildman–Crippen MR) is 358 cm³/mol. The highest BCUT2D eigenvalue weighted by Crippen LogP contribution is 2.14. The summed E-state index contributed by atoms with van der Waals surface area (Å²) < 4.78 is 0. The zero-order chi connectivity index (χ0) is 72.0. The molecular formula is C62H110N20O14. The fraction of sp³-hybridized carbons (Fsp3) is 0.694. The van der Waals surface area contributed by atoms with E-state index in [9.17, 15) is 67.7 Å². The lowest BCUT2D eigenvalue weighted by Crippen LogP contribution is -2.62. The highest BCUT2D eigenvalue weighted by atomic mass is 16.3. The van der Waals surface area contributed by atoms with Gasteiger partial charge in [0.2, 0.25) is 70.9 Å². The molecule has 0 bridgehead atoms. The van der Waals surface area contributed by atoms with Crippen LogP contribution >= 0.6 is 0 Å². The molecule has 0 spiro atoms. The predicted octanol–water partition coefficient (Wildman–Crippen LogP) is -6.71. The summed E-state index contributed by atoms with van der Waals surface area (Å²) in [7, 11) is 0. The van der Waals surface area contributed by atoms with Gasteiger partial charge in [0.1, 0.15) is 60.4 Å². The molecule has 0 saturated carbocycles. The van der Waals surface area contributed by atoms with E-state index in [0.29, 0.717) is 24.3 Å². The Hall–Kier alpha value is -8.15. The lowest BCUT2D eigenvalue weighted by atomic mass is 10.00. The first kappa shape index (κ1) is 83.9. The lowest BCUT2D eigenvalue weighted by molar-refractivity contribution is -0.137. The van der Waals surface area contributed by atoms with Crippen LogP contribution < -0.4 is 104 Å². The normalized spacial score (nSPS) is 21.8. The number of benzene rings is 1. The highest BCUT2D eigenvalue weighted by molar-refractivity contribution is 5.99. The summed E-state index contributed by atoms with van der Waals surface area (Å²) in [6.45, 7) is 8.83. The first-order chi connectivity index (χ1) is 45.5. The quantitative estimate of drug-likeness (QED) is 0.0171. The highest BCUT2D eigenvalue weighted by Gasteiger charge is 2.38. The van der Waals surface area contributed by atoms with Crippen LogP contribution in [0.2, 0.25) is 0 Å². The van der Waals surface area contributed by atoms with E-state index >= 15 is 0 Å². The maximum atomic E-state index is 14.7. The van der Waals surface area contributed by atoms with Crippen molar-refractivity contribution < 1.29 is 67.7 Å². The Bertz CT molecular complexity index is 2690. The summed E-state index contributed by atoms with van der Waals surface area (Å²) in [5, 5.41) is 52.6. The Morgan fingerprint density at radius 2 is 1.14 bits per heavy atom. The van der Waals surface area contributed by atoms with E-state index in [1.54, 1.807) is 44.2 Å². The molecule has 0 radical (unpaired) electrons. The second-order valence-electron chi connectivity index (χ2n) is 24.6. The maximum absolute atomic E-state index is 14.7. The molecule has 2 unspecified atom stereocenters. The lowest BCUT2D eigenvalue weighted by Gasteiger charge is -2.29. The van der Waals surface area contributed by atoms with E-state index in [-0.39, 0.29) is 109 Å². The Kier molecular flexibility index (Phi) is 39.6. The SMILES string of the molecule is CCC(C)CCCCC(=O)N[C@@H](CCNC(=O)C(N)CCCN=C(N)N)C(=O)N[C@H](C(=O)N[C@@H](CCN)C(=O)N[C@H]1CCNC(=O)[C@H]([C@@H](C)O)NC(=O)[C@H](CCN)NC(=O)[C@H](CCN)NC(=O)[C@H](CC(C)C)NC(=O)[C@@H](Cc2ccccc2)NC(=O)[C@H](CCN)NC1=O)[C@@H](C)O. The Labute approximate surface area is 561 Å². The number of aliphatic hydroxyl groups is 2. The molecule has 1 aromatic rings. The molecule has 12 amide bonds. The Balaban J connectivity index is 2.68. The fourth-order valence-electron chi connectivity index (χ4n) is 10.1. The van der Waals surface area contributed by atoms with Crippen molar-refractivity contribution in [2.75, 3.05) is 45.8 Å². The topological polar surface area (TPSA) is 584 Å². The van der Waals surface area contributed by atoms with Crippen molar-refractivity contribution in [3.8, 4) is 0 Å². The van der Waals surface area contributed by atoms with Gasteiger partial charge in [-0.05, 0) is 122 Å². The van der Waals surface area contributed by atoms with Gasteiger partial charge in [0.05, 0.1) is 18.2 Å². The van der Waals surface area contributed by atoms with Crippen molar-refractivity contribution >= 4 is 76.8 Å². The number of guanidine groups is 1. The Morgan fingerprint density at radius 3 is 1.68 bits per heavy atom. The Morgan fingerprint density at radius 1 is 0.594 bits per heavy atom. The summed E-state index contributed by atoms with van der Waals surface area (Å²) in [6.07, 6.45) is -1.31. The van der Waals surface area contributed by atoms with Crippen molar-refractivity contribution in [3.05, 3.63) is 35.9 Å². The zero-order valence-electron chi connectivity index (χ0n) is 56.4. The number of aliphatic imine (C=N–C) groups is 1. The summed E-state index contributed by atoms with van der Waals surface area (Å²) in [5.74, 6) is -10.7. The second-order valence-corrected chi connectivity index (χ2v) is 24.6. The number of nitrogens with one attached hydrogen (secondary N) is 12. The van der Waals surface area contributed by atoms with Crippen molar-refractivity contribution in [1.29, 1.82) is 0 Å². The number of hydrogen-bond acceptors (Lipinski definition) is 20. The first-order valence-electron chi connectivity index (χ1n) is 33.1. The number of nitrogens with zero attached hydrogens (tertiary/aromatic N) is 1. The van der Waals surface area contributed by atoms with Crippen LogP contribution in [0.1, 0.15) is 137 Å².